The molecule has 0 atom stereocenters. The monoisotopic (exact) mass is 338 g/mol. The summed E-state index contributed by atoms with van der Waals surface area (Å²) in [6, 6.07) is 8.85. The van der Waals surface area contributed by atoms with Crippen molar-refractivity contribution in [3.63, 3.8) is 0 Å². The summed E-state index contributed by atoms with van der Waals surface area (Å²) in [7, 11) is 1.37. The number of carboxylic acids is 1. The van der Waals surface area contributed by atoms with Crippen LogP contribution >= 0.6 is 0 Å². The molecular weight excluding hydrogens is 324 g/mol. The zero-order valence-electron chi connectivity index (χ0n) is 13.5. The number of hydrogen-bond donors (Lipinski definition) is 2. The molecular formula is C18H14N2O5. The Labute approximate surface area is 142 Å². The molecule has 0 radical (unpaired) electrons. The highest BCUT2D eigenvalue weighted by atomic mass is 16.4. The molecule has 0 spiro atoms. The van der Waals surface area contributed by atoms with E-state index in [9.17, 15) is 24.3 Å². The SMILES string of the molecule is Cc1cccc(C(=O)O)c1NC(=O)c1ccc2c(c1)C(=O)N(C)C2=O. The summed E-state index contributed by atoms with van der Waals surface area (Å²) in [5.41, 5.74) is 1.32. The van der Waals surface area contributed by atoms with Gasteiger partial charge in [-0.15, -0.1) is 0 Å². The standard InChI is InChI=1S/C18H14N2O5/c1-9-4-3-5-12(18(24)25)14(9)19-15(21)10-6-7-11-13(8-10)17(23)20(2)16(11)22/h3-8H,1-2H3,(H,19,21)(H,24,25). The lowest BCUT2D eigenvalue weighted by Gasteiger charge is -2.11. The highest BCUT2D eigenvalue weighted by Gasteiger charge is 2.33. The third kappa shape index (κ3) is 2.65. The van der Waals surface area contributed by atoms with Gasteiger partial charge in [-0.25, -0.2) is 4.79 Å². The maximum absolute atomic E-state index is 12.5. The summed E-state index contributed by atoms with van der Waals surface area (Å²) in [5, 5.41) is 11.8. The van der Waals surface area contributed by atoms with Crippen LogP contribution in [-0.4, -0.2) is 40.7 Å². The summed E-state index contributed by atoms with van der Waals surface area (Å²) in [4.78, 5) is 48.7. The lowest BCUT2D eigenvalue weighted by molar-refractivity contribution is 0.0682. The minimum Gasteiger partial charge on any atom is -0.478 e. The smallest absolute Gasteiger partial charge is 0.337 e. The van der Waals surface area contributed by atoms with Crippen LogP contribution in [0.3, 0.4) is 0 Å². The Morgan fingerprint density at radius 2 is 1.72 bits per heavy atom. The maximum atomic E-state index is 12.5. The molecule has 25 heavy (non-hydrogen) atoms. The fourth-order valence-electron chi connectivity index (χ4n) is 2.70. The number of nitrogens with one attached hydrogen (secondary N) is 1. The predicted molar refractivity (Wildman–Crippen MR) is 89.0 cm³/mol. The second-order valence-electron chi connectivity index (χ2n) is 5.69. The Morgan fingerprint density at radius 1 is 1.04 bits per heavy atom. The lowest BCUT2D eigenvalue weighted by Crippen LogP contribution is -2.24. The average molecular weight is 338 g/mol. The molecule has 3 amide bonds. The van der Waals surface area contributed by atoms with E-state index < -0.39 is 23.7 Å². The molecule has 2 N–H and O–H groups in total. The third-order valence-electron chi connectivity index (χ3n) is 4.09. The number of rotatable bonds is 3. The molecule has 0 aliphatic carbocycles. The van der Waals surface area contributed by atoms with Crippen LogP contribution in [0, 0.1) is 6.92 Å². The number of carbonyl (C=O) groups is 4. The van der Waals surface area contributed by atoms with Crippen LogP contribution < -0.4 is 5.32 Å². The number of nitrogens with zero attached hydrogens (tertiary/aromatic N) is 1. The number of imide groups is 1. The van der Waals surface area contributed by atoms with Gasteiger partial charge < -0.3 is 10.4 Å². The number of amides is 3. The molecule has 1 aliphatic rings. The number of aryl methyl sites for hydroxylation is 1. The Balaban J connectivity index is 1.96. The first kappa shape index (κ1) is 16.4. The molecule has 0 fully saturated rings. The molecule has 0 saturated carbocycles. The van der Waals surface area contributed by atoms with Gasteiger partial charge in [-0.05, 0) is 36.8 Å². The summed E-state index contributed by atoms with van der Waals surface area (Å²) in [6.45, 7) is 1.68. The first-order chi connectivity index (χ1) is 11.8. The van der Waals surface area contributed by atoms with Crippen LogP contribution in [0.25, 0.3) is 0 Å². The summed E-state index contributed by atoms with van der Waals surface area (Å²) in [6.07, 6.45) is 0. The van der Waals surface area contributed by atoms with E-state index in [0.717, 1.165) is 4.90 Å². The van der Waals surface area contributed by atoms with E-state index in [1.165, 1.54) is 31.3 Å². The molecule has 7 nitrogen and oxygen atoms in total. The van der Waals surface area contributed by atoms with Crippen LogP contribution in [0.15, 0.2) is 36.4 Å². The van der Waals surface area contributed by atoms with E-state index in [1.807, 2.05) is 0 Å². The molecule has 0 saturated heterocycles. The molecule has 1 aliphatic heterocycles. The topological polar surface area (TPSA) is 104 Å². The second kappa shape index (κ2) is 5.86. The number of anilines is 1. The minimum absolute atomic E-state index is 0.0273. The van der Waals surface area contributed by atoms with Crippen molar-refractivity contribution in [3.05, 3.63) is 64.2 Å². The quantitative estimate of drug-likeness (QED) is 0.835. The van der Waals surface area contributed by atoms with E-state index >= 15 is 0 Å². The van der Waals surface area contributed by atoms with Crippen molar-refractivity contribution in [2.45, 2.75) is 6.92 Å². The van der Waals surface area contributed by atoms with E-state index in [0.29, 0.717) is 5.56 Å². The van der Waals surface area contributed by atoms with Crippen molar-refractivity contribution < 1.29 is 24.3 Å². The summed E-state index contributed by atoms with van der Waals surface area (Å²) in [5.74, 6) is -2.61. The predicted octanol–water partition coefficient (Wildman–Crippen LogP) is 2.17. The number of para-hydroxylation sites is 1. The van der Waals surface area contributed by atoms with Gasteiger partial charge in [0.15, 0.2) is 0 Å². The molecule has 126 valence electrons. The van der Waals surface area contributed by atoms with Gasteiger partial charge in [-0.1, -0.05) is 12.1 Å². The van der Waals surface area contributed by atoms with Gasteiger partial charge in [0.25, 0.3) is 17.7 Å². The third-order valence-corrected chi connectivity index (χ3v) is 4.09. The average Bonchev–Trinajstić information content (AvgIpc) is 2.80. The van der Waals surface area contributed by atoms with E-state index in [2.05, 4.69) is 5.32 Å². The first-order valence-electron chi connectivity index (χ1n) is 7.42. The summed E-state index contributed by atoms with van der Waals surface area (Å²) < 4.78 is 0. The van der Waals surface area contributed by atoms with Crippen molar-refractivity contribution >= 4 is 29.4 Å². The molecule has 0 bridgehead atoms. The highest BCUT2D eigenvalue weighted by molar-refractivity contribution is 6.22. The van der Waals surface area contributed by atoms with Crippen molar-refractivity contribution in [3.8, 4) is 0 Å². The van der Waals surface area contributed by atoms with Crippen LogP contribution in [0.4, 0.5) is 5.69 Å². The van der Waals surface area contributed by atoms with Crippen LogP contribution in [-0.2, 0) is 0 Å². The molecule has 7 heteroatoms. The Kier molecular flexibility index (Phi) is 3.84. The van der Waals surface area contributed by atoms with Gasteiger partial charge in [0.1, 0.15) is 0 Å². The zero-order valence-corrected chi connectivity index (χ0v) is 13.5. The van der Waals surface area contributed by atoms with Crippen LogP contribution in [0.1, 0.15) is 47.0 Å². The number of benzene rings is 2. The number of carboxylic acid groups (broad SMARTS) is 1. The van der Waals surface area contributed by atoms with Crippen molar-refractivity contribution in [1.29, 1.82) is 0 Å². The van der Waals surface area contributed by atoms with Gasteiger partial charge in [0, 0.05) is 12.6 Å². The summed E-state index contributed by atoms with van der Waals surface area (Å²) >= 11 is 0. The fourth-order valence-corrected chi connectivity index (χ4v) is 2.70. The van der Waals surface area contributed by atoms with Crippen molar-refractivity contribution in [1.82, 2.24) is 4.90 Å². The van der Waals surface area contributed by atoms with Gasteiger partial charge in [0.05, 0.1) is 22.4 Å². The van der Waals surface area contributed by atoms with E-state index in [1.54, 1.807) is 19.1 Å². The molecule has 1 heterocycles. The fraction of sp³-hybridized carbons (Fsp3) is 0.111. The Hall–Kier alpha value is -3.48. The number of carbonyl (C=O) groups excluding carboxylic acids is 3. The lowest BCUT2D eigenvalue weighted by atomic mass is 10.0. The van der Waals surface area contributed by atoms with Gasteiger partial charge >= 0.3 is 5.97 Å². The molecule has 0 unspecified atom stereocenters. The van der Waals surface area contributed by atoms with E-state index in [4.69, 9.17) is 0 Å². The van der Waals surface area contributed by atoms with Crippen LogP contribution in [0.5, 0.6) is 0 Å². The Morgan fingerprint density at radius 3 is 2.40 bits per heavy atom. The molecule has 0 aromatic heterocycles. The van der Waals surface area contributed by atoms with Gasteiger partial charge in [-0.3, -0.25) is 19.3 Å². The highest BCUT2D eigenvalue weighted by Crippen LogP contribution is 2.25. The van der Waals surface area contributed by atoms with Gasteiger partial charge in [0.2, 0.25) is 0 Å². The zero-order chi connectivity index (χ0) is 18.3. The largest absolute Gasteiger partial charge is 0.478 e. The number of fused-ring (bicyclic) bond motifs is 1. The molecule has 3 rings (SSSR count). The second-order valence-corrected chi connectivity index (χ2v) is 5.69. The van der Waals surface area contributed by atoms with Crippen molar-refractivity contribution in [2.75, 3.05) is 12.4 Å². The Bertz CT molecular complexity index is 948. The van der Waals surface area contributed by atoms with Crippen LogP contribution in [0.2, 0.25) is 0 Å². The first-order valence-corrected chi connectivity index (χ1v) is 7.42. The molecule has 2 aromatic rings. The van der Waals surface area contributed by atoms with E-state index in [-0.39, 0.29) is 27.9 Å². The van der Waals surface area contributed by atoms with Gasteiger partial charge in [-0.2, -0.15) is 0 Å². The minimum atomic E-state index is -1.16. The molecule has 2 aromatic carbocycles. The number of hydrogen-bond acceptors (Lipinski definition) is 4. The van der Waals surface area contributed by atoms with Crippen molar-refractivity contribution in [2.24, 2.45) is 0 Å². The number of aromatic carboxylic acids is 1. The maximum Gasteiger partial charge on any atom is 0.337 e. The normalized spacial score (nSPS) is 13.0.